The van der Waals surface area contributed by atoms with Gasteiger partial charge in [0.25, 0.3) is 5.56 Å². The lowest BCUT2D eigenvalue weighted by molar-refractivity contribution is 0.487. The second-order valence-electron chi connectivity index (χ2n) is 6.28. The lowest BCUT2D eigenvalue weighted by Gasteiger charge is -2.24. The molecule has 108 valence electrons. The summed E-state index contributed by atoms with van der Waals surface area (Å²) in [6.45, 7) is 7.19. The third kappa shape index (κ3) is 1.97. The molecule has 0 saturated heterocycles. The number of fused-ring (bicyclic) bond motifs is 3. The minimum atomic E-state index is 0.131. The highest BCUT2D eigenvalue weighted by Crippen LogP contribution is 2.19. The zero-order valence-electron chi connectivity index (χ0n) is 12.6. The number of aryl methyl sites for hydroxylation is 1. The Balaban J connectivity index is 2.27. The molecule has 0 amide bonds. The smallest absolute Gasteiger partial charge is 0.257 e. The normalized spacial score (nSPS) is 18.8. The van der Waals surface area contributed by atoms with Crippen molar-refractivity contribution in [1.29, 1.82) is 0 Å². The van der Waals surface area contributed by atoms with E-state index in [-0.39, 0.29) is 5.56 Å². The van der Waals surface area contributed by atoms with E-state index in [9.17, 15) is 4.79 Å². The predicted octanol–water partition coefficient (Wildman–Crippen LogP) is 1.27. The second kappa shape index (κ2) is 4.74. The summed E-state index contributed by atoms with van der Waals surface area (Å²) in [6, 6.07) is 0.346. The number of nitrogens with zero attached hydrogens (tertiary/aromatic N) is 3. The highest BCUT2D eigenvalue weighted by atomic mass is 16.1. The zero-order chi connectivity index (χ0) is 14.4. The molecule has 5 heteroatoms. The van der Waals surface area contributed by atoms with Gasteiger partial charge in [0.2, 0.25) is 0 Å². The lowest BCUT2D eigenvalue weighted by Crippen LogP contribution is -2.40. The standard InChI is InChI=1S/C15H22N4O/c1-9(2)5-11-7-17-19-13-8-16-10(3)6-12(13)15(20)18(4)14(11)19/h7,9-10,16H,5-6,8H2,1-4H3/t10-/m1/s1. The van der Waals surface area contributed by atoms with Gasteiger partial charge in [-0.05, 0) is 25.7 Å². The first-order valence-electron chi connectivity index (χ1n) is 7.29. The fraction of sp³-hybridized carbons (Fsp3) is 0.600. The van der Waals surface area contributed by atoms with Gasteiger partial charge in [0.15, 0.2) is 0 Å². The molecule has 0 unspecified atom stereocenters. The van der Waals surface area contributed by atoms with Crippen LogP contribution in [-0.2, 0) is 26.4 Å². The summed E-state index contributed by atoms with van der Waals surface area (Å²) in [5.74, 6) is 0.548. The van der Waals surface area contributed by atoms with Gasteiger partial charge in [0.05, 0.1) is 11.9 Å². The van der Waals surface area contributed by atoms with E-state index in [4.69, 9.17) is 0 Å². The Morgan fingerprint density at radius 3 is 2.95 bits per heavy atom. The van der Waals surface area contributed by atoms with Crippen molar-refractivity contribution in [3.8, 4) is 0 Å². The molecule has 1 aliphatic rings. The van der Waals surface area contributed by atoms with Gasteiger partial charge in [-0.15, -0.1) is 0 Å². The van der Waals surface area contributed by atoms with E-state index in [0.717, 1.165) is 35.3 Å². The Morgan fingerprint density at radius 1 is 1.50 bits per heavy atom. The average molecular weight is 274 g/mol. The van der Waals surface area contributed by atoms with Crippen LogP contribution in [0.1, 0.15) is 37.6 Å². The average Bonchev–Trinajstić information content (AvgIpc) is 2.79. The Morgan fingerprint density at radius 2 is 2.25 bits per heavy atom. The number of aromatic nitrogens is 3. The van der Waals surface area contributed by atoms with E-state index in [1.807, 2.05) is 17.8 Å². The van der Waals surface area contributed by atoms with E-state index in [1.165, 1.54) is 0 Å². The summed E-state index contributed by atoms with van der Waals surface area (Å²) in [7, 11) is 1.86. The van der Waals surface area contributed by atoms with Crippen LogP contribution in [0.2, 0.25) is 0 Å². The molecule has 3 heterocycles. The summed E-state index contributed by atoms with van der Waals surface area (Å²) in [5.41, 5.74) is 4.16. The first-order chi connectivity index (χ1) is 9.49. The van der Waals surface area contributed by atoms with Crippen molar-refractivity contribution in [2.45, 2.75) is 46.2 Å². The van der Waals surface area contributed by atoms with Crippen molar-refractivity contribution in [3.63, 3.8) is 0 Å². The summed E-state index contributed by atoms with van der Waals surface area (Å²) in [6.07, 6.45) is 3.63. The van der Waals surface area contributed by atoms with Crippen LogP contribution >= 0.6 is 0 Å². The van der Waals surface area contributed by atoms with Crippen LogP contribution in [-0.4, -0.2) is 20.2 Å². The molecule has 1 N–H and O–H groups in total. The monoisotopic (exact) mass is 274 g/mol. The maximum Gasteiger partial charge on any atom is 0.257 e. The fourth-order valence-corrected chi connectivity index (χ4v) is 3.10. The molecule has 1 aliphatic heterocycles. The van der Waals surface area contributed by atoms with E-state index < -0.39 is 0 Å². The Kier molecular flexibility index (Phi) is 3.17. The highest BCUT2D eigenvalue weighted by molar-refractivity contribution is 5.50. The molecule has 2 aromatic rings. The first kappa shape index (κ1) is 13.4. The van der Waals surface area contributed by atoms with Crippen molar-refractivity contribution >= 4 is 5.65 Å². The molecule has 0 bridgehead atoms. The Hall–Kier alpha value is -1.62. The first-order valence-corrected chi connectivity index (χ1v) is 7.29. The van der Waals surface area contributed by atoms with Gasteiger partial charge in [-0.25, -0.2) is 4.52 Å². The fourth-order valence-electron chi connectivity index (χ4n) is 3.10. The molecule has 2 aromatic heterocycles. The highest BCUT2D eigenvalue weighted by Gasteiger charge is 2.23. The van der Waals surface area contributed by atoms with Gasteiger partial charge in [0.1, 0.15) is 5.65 Å². The number of hydrogen-bond acceptors (Lipinski definition) is 3. The summed E-state index contributed by atoms with van der Waals surface area (Å²) >= 11 is 0. The molecular weight excluding hydrogens is 252 g/mol. The Bertz CT molecular complexity index is 711. The number of hydrogen-bond donors (Lipinski definition) is 1. The molecule has 0 spiro atoms. The molecule has 0 saturated carbocycles. The zero-order valence-corrected chi connectivity index (χ0v) is 12.6. The van der Waals surface area contributed by atoms with Crippen LogP contribution in [0.4, 0.5) is 0 Å². The minimum absolute atomic E-state index is 0.131. The maximum atomic E-state index is 12.6. The summed E-state index contributed by atoms with van der Waals surface area (Å²) in [5, 5.41) is 7.95. The molecule has 20 heavy (non-hydrogen) atoms. The van der Waals surface area contributed by atoms with Gasteiger partial charge in [-0.3, -0.25) is 9.36 Å². The molecule has 0 fully saturated rings. The van der Waals surface area contributed by atoms with Crippen LogP contribution in [0.5, 0.6) is 0 Å². The van der Waals surface area contributed by atoms with Crippen LogP contribution < -0.4 is 10.9 Å². The quantitative estimate of drug-likeness (QED) is 0.897. The third-order valence-electron chi connectivity index (χ3n) is 4.06. The van der Waals surface area contributed by atoms with Crippen LogP contribution in [0.3, 0.4) is 0 Å². The SMILES string of the molecule is CC(C)Cc1cnn2c3c(c(=O)n(C)c12)C[C@@H](C)NC3. The molecular formula is C15H22N4O. The topological polar surface area (TPSA) is 51.3 Å². The third-order valence-corrected chi connectivity index (χ3v) is 4.06. The largest absolute Gasteiger partial charge is 0.308 e. The predicted molar refractivity (Wildman–Crippen MR) is 79.0 cm³/mol. The van der Waals surface area contributed by atoms with Crippen LogP contribution in [0.25, 0.3) is 5.65 Å². The van der Waals surface area contributed by atoms with E-state index in [2.05, 4.69) is 31.2 Å². The molecule has 1 atom stereocenters. The van der Waals surface area contributed by atoms with Crippen LogP contribution in [0.15, 0.2) is 11.0 Å². The van der Waals surface area contributed by atoms with E-state index >= 15 is 0 Å². The van der Waals surface area contributed by atoms with Gasteiger partial charge < -0.3 is 5.32 Å². The van der Waals surface area contributed by atoms with E-state index in [0.29, 0.717) is 18.5 Å². The summed E-state index contributed by atoms with van der Waals surface area (Å²) < 4.78 is 3.72. The molecule has 0 aliphatic carbocycles. The molecule has 3 rings (SSSR count). The number of nitrogens with one attached hydrogen (secondary N) is 1. The maximum absolute atomic E-state index is 12.6. The van der Waals surface area contributed by atoms with Gasteiger partial charge in [0, 0.05) is 30.8 Å². The van der Waals surface area contributed by atoms with E-state index in [1.54, 1.807) is 4.57 Å². The molecule has 0 radical (unpaired) electrons. The number of rotatable bonds is 2. The summed E-state index contributed by atoms with van der Waals surface area (Å²) in [4.78, 5) is 12.6. The van der Waals surface area contributed by atoms with Crippen molar-refractivity contribution in [1.82, 2.24) is 19.5 Å². The van der Waals surface area contributed by atoms with Crippen molar-refractivity contribution in [3.05, 3.63) is 33.4 Å². The van der Waals surface area contributed by atoms with Crippen LogP contribution in [0, 0.1) is 5.92 Å². The molecule has 5 nitrogen and oxygen atoms in total. The van der Waals surface area contributed by atoms with Gasteiger partial charge in [-0.1, -0.05) is 13.8 Å². The van der Waals surface area contributed by atoms with Crippen molar-refractivity contribution in [2.24, 2.45) is 13.0 Å². The molecule has 0 aromatic carbocycles. The van der Waals surface area contributed by atoms with Crippen molar-refractivity contribution < 1.29 is 0 Å². The van der Waals surface area contributed by atoms with Gasteiger partial charge >= 0.3 is 0 Å². The van der Waals surface area contributed by atoms with Crippen molar-refractivity contribution in [2.75, 3.05) is 0 Å². The van der Waals surface area contributed by atoms with Gasteiger partial charge in [-0.2, -0.15) is 5.10 Å². The minimum Gasteiger partial charge on any atom is -0.308 e. The lowest BCUT2D eigenvalue weighted by atomic mass is 10.0. The Labute approximate surface area is 118 Å². The second-order valence-corrected chi connectivity index (χ2v) is 6.28.